The number of alkyl halides is 6. The highest BCUT2D eigenvalue weighted by molar-refractivity contribution is 6.01. The number of benzene rings is 1. The molecule has 188 valence electrons. The van der Waals surface area contributed by atoms with E-state index in [9.17, 15) is 40.7 Å². The molecule has 0 bridgehead atoms. The Morgan fingerprint density at radius 3 is 2.15 bits per heavy atom. The zero-order valence-electron chi connectivity index (χ0n) is 17.7. The molecule has 2 atom stereocenters. The quantitative estimate of drug-likeness (QED) is 0.482. The van der Waals surface area contributed by atoms with Crippen molar-refractivity contribution in [2.75, 3.05) is 38.0 Å². The van der Waals surface area contributed by atoms with E-state index in [0.29, 0.717) is 13.1 Å². The van der Waals surface area contributed by atoms with Gasteiger partial charge < -0.3 is 20.3 Å². The molecule has 0 saturated carbocycles. The second-order valence-electron chi connectivity index (χ2n) is 7.95. The lowest BCUT2D eigenvalue weighted by Gasteiger charge is -2.37. The highest BCUT2D eigenvalue weighted by atomic mass is 19.4. The molecule has 0 aliphatic carbocycles. The molecule has 3 amide bonds. The maximum absolute atomic E-state index is 12.8. The number of nitrogens with zero attached hydrogens (tertiary/aromatic N) is 2. The molecule has 2 saturated heterocycles. The van der Waals surface area contributed by atoms with E-state index < -0.39 is 48.0 Å². The van der Waals surface area contributed by atoms with Crippen molar-refractivity contribution in [3.05, 3.63) is 24.3 Å². The fourth-order valence-electron chi connectivity index (χ4n) is 3.78. The number of carbonyl (C=O) groups excluding carboxylic acids is 3. The smallest absolute Gasteiger partial charge is 0.406 e. The third-order valence-corrected chi connectivity index (χ3v) is 5.49. The summed E-state index contributed by atoms with van der Waals surface area (Å²) < 4.78 is 78.6. The van der Waals surface area contributed by atoms with E-state index in [2.05, 4.69) is 10.1 Å². The Hall–Kier alpha value is -3.03. The van der Waals surface area contributed by atoms with E-state index in [1.54, 1.807) is 4.90 Å². The summed E-state index contributed by atoms with van der Waals surface area (Å²) in [7, 11) is 0. The molecule has 1 aromatic rings. The van der Waals surface area contributed by atoms with Gasteiger partial charge in [0, 0.05) is 31.9 Å². The van der Waals surface area contributed by atoms with Crippen LogP contribution in [0.2, 0.25) is 0 Å². The normalized spacial score (nSPS) is 22.2. The fourth-order valence-corrected chi connectivity index (χ4v) is 3.78. The topological polar surface area (TPSA) is 91.0 Å². The van der Waals surface area contributed by atoms with Gasteiger partial charge in [-0.1, -0.05) is 0 Å². The molecule has 2 fully saturated rings. The Balaban J connectivity index is 1.43. The molecule has 14 heteroatoms. The van der Waals surface area contributed by atoms with Gasteiger partial charge in [-0.3, -0.25) is 19.3 Å². The number of piperazine rings is 1. The number of piperidine rings is 1. The van der Waals surface area contributed by atoms with Gasteiger partial charge in [0.25, 0.3) is 0 Å². The van der Waals surface area contributed by atoms with E-state index in [0.717, 1.165) is 12.1 Å². The average molecular weight is 496 g/mol. The van der Waals surface area contributed by atoms with Gasteiger partial charge in [0.1, 0.15) is 17.7 Å². The lowest BCUT2D eigenvalue weighted by Crippen LogP contribution is -2.57. The van der Waals surface area contributed by atoms with Crippen LogP contribution in [0.15, 0.2) is 24.3 Å². The fraction of sp³-hybridized carbons (Fsp3) is 0.550. The first-order valence-corrected chi connectivity index (χ1v) is 10.4. The standard InChI is InChI=1S/C20H22F6N4O4/c21-19(22,23)15-6-5-14(17(32)28-15)18(33)30-9-7-29(8-10-30)11-16(31)27-12-1-3-13(4-2-12)34-20(24,25)26/h1-4,14-15H,5-11H2,(H,27,31)(H,28,32)/t14-,15+/m0/s1. The van der Waals surface area contributed by atoms with Crippen molar-refractivity contribution in [1.29, 1.82) is 0 Å². The van der Waals surface area contributed by atoms with E-state index in [1.807, 2.05) is 5.32 Å². The Morgan fingerprint density at radius 2 is 1.62 bits per heavy atom. The molecule has 8 nitrogen and oxygen atoms in total. The van der Waals surface area contributed by atoms with Gasteiger partial charge in [0.2, 0.25) is 17.7 Å². The predicted molar refractivity (Wildman–Crippen MR) is 105 cm³/mol. The third-order valence-electron chi connectivity index (χ3n) is 5.49. The molecule has 34 heavy (non-hydrogen) atoms. The van der Waals surface area contributed by atoms with Crippen molar-refractivity contribution in [2.45, 2.75) is 31.4 Å². The average Bonchev–Trinajstić information content (AvgIpc) is 2.73. The van der Waals surface area contributed by atoms with Crippen LogP contribution < -0.4 is 15.4 Å². The SMILES string of the molecule is O=C(CN1CCN(C(=O)[C@H]2CC[C@H](C(F)(F)F)NC2=O)CC1)Nc1ccc(OC(F)(F)F)cc1. The summed E-state index contributed by atoms with van der Waals surface area (Å²) in [4.78, 5) is 40.0. The molecular weight excluding hydrogens is 474 g/mol. The van der Waals surface area contributed by atoms with E-state index in [-0.39, 0.29) is 38.2 Å². The second-order valence-corrected chi connectivity index (χ2v) is 7.95. The lowest BCUT2D eigenvalue weighted by atomic mass is 9.92. The van der Waals surface area contributed by atoms with Crippen LogP contribution in [0.4, 0.5) is 32.0 Å². The van der Waals surface area contributed by atoms with Crippen molar-refractivity contribution in [3.63, 3.8) is 0 Å². The minimum Gasteiger partial charge on any atom is -0.406 e. The Kier molecular flexibility index (Phi) is 7.58. The monoisotopic (exact) mass is 496 g/mol. The number of hydrogen-bond acceptors (Lipinski definition) is 5. The van der Waals surface area contributed by atoms with Crippen LogP contribution >= 0.6 is 0 Å². The molecule has 0 aromatic heterocycles. The molecule has 2 N–H and O–H groups in total. The molecule has 2 aliphatic heterocycles. The molecular formula is C20H22F6N4O4. The number of nitrogens with one attached hydrogen (secondary N) is 2. The lowest BCUT2D eigenvalue weighted by molar-refractivity contribution is -0.274. The Morgan fingerprint density at radius 1 is 1.00 bits per heavy atom. The summed E-state index contributed by atoms with van der Waals surface area (Å²) in [5.74, 6) is -3.49. The van der Waals surface area contributed by atoms with E-state index in [1.165, 1.54) is 17.0 Å². The molecule has 0 spiro atoms. The number of ether oxygens (including phenoxy) is 1. The number of carbonyl (C=O) groups is 3. The van der Waals surface area contributed by atoms with Crippen LogP contribution in [0.5, 0.6) is 5.75 Å². The maximum Gasteiger partial charge on any atom is 0.573 e. The van der Waals surface area contributed by atoms with E-state index >= 15 is 0 Å². The summed E-state index contributed by atoms with van der Waals surface area (Å²) in [6, 6.07) is 2.69. The summed E-state index contributed by atoms with van der Waals surface area (Å²) in [6.07, 6.45) is -9.94. The van der Waals surface area contributed by atoms with Gasteiger partial charge in [-0.15, -0.1) is 13.2 Å². The predicted octanol–water partition coefficient (Wildman–Crippen LogP) is 2.12. The summed E-state index contributed by atoms with van der Waals surface area (Å²) in [6.45, 7) is 0.957. The van der Waals surface area contributed by atoms with Crippen molar-refractivity contribution in [1.82, 2.24) is 15.1 Å². The number of rotatable bonds is 5. The number of anilines is 1. The molecule has 0 unspecified atom stereocenters. The minimum atomic E-state index is -4.82. The van der Waals surface area contributed by atoms with E-state index in [4.69, 9.17) is 0 Å². The largest absolute Gasteiger partial charge is 0.573 e. The van der Waals surface area contributed by atoms with Crippen molar-refractivity contribution >= 4 is 23.4 Å². The summed E-state index contributed by atoms with van der Waals surface area (Å²) >= 11 is 0. The van der Waals surface area contributed by atoms with Crippen LogP contribution in [0, 0.1) is 5.92 Å². The van der Waals surface area contributed by atoms with Gasteiger partial charge in [0.05, 0.1) is 6.54 Å². The van der Waals surface area contributed by atoms with Gasteiger partial charge in [-0.25, -0.2) is 0 Å². The molecule has 2 heterocycles. The molecule has 0 radical (unpaired) electrons. The first-order valence-electron chi connectivity index (χ1n) is 10.4. The van der Waals surface area contributed by atoms with Crippen LogP contribution in [0.25, 0.3) is 0 Å². The highest BCUT2D eigenvalue weighted by Gasteiger charge is 2.46. The van der Waals surface area contributed by atoms with Crippen LogP contribution in [0.1, 0.15) is 12.8 Å². The number of amides is 3. The number of halogens is 6. The molecule has 3 rings (SSSR count). The second kappa shape index (κ2) is 10.1. The van der Waals surface area contributed by atoms with Crippen LogP contribution in [-0.4, -0.2) is 78.8 Å². The minimum absolute atomic E-state index is 0.0417. The first-order chi connectivity index (χ1) is 15.8. The van der Waals surface area contributed by atoms with Gasteiger partial charge in [-0.2, -0.15) is 13.2 Å². The first kappa shape index (κ1) is 25.6. The van der Waals surface area contributed by atoms with Crippen LogP contribution in [0.3, 0.4) is 0 Å². The summed E-state index contributed by atoms with van der Waals surface area (Å²) in [5, 5.41) is 4.40. The van der Waals surface area contributed by atoms with Gasteiger partial charge in [0.15, 0.2) is 0 Å². The maximum atomic E-state index is 12.8. The van der Waals surface area contributed by atoms with Crippen molar-refractivity contribution < 1.29 is 45.5 Å². The summed E-state index contributed by atoms with van der Waals surface area (Å²) in [5.41, 5.74) is 0.272. The van der Waals surface area contributed by atoms with Crippen molar-refractivity contribution in [2.24, 2.45) is 5.92 Å². The van der Waals surface area contributed by atoms with Gasteiger partial charge >= 0.3 is 12.5 Å². The highest BCUT2D eigenvalue weighted by Crippen LogP contribution is 2.29. The van der Waals surface area contributed by atoms with Crippen molar-refractivity contribution in [3.8, 4) is 5.75 Å². The molecule has 2 aliphatic rings. The number of hydrogen-bond donors (Lipinski definition) is 2. The Bertz CT molecular complexity index is 898. The zero-order chi connectivity index (χ0) is 25.1. The Labute approximate surface area is 190 Å². The third kappa shape index (κ3) is 6.98. The zero-order valence-corrected chi connectivity index (χ0v) is 17.7. The molecule has 1 aromatic carbocycles. The van der Waals surface area contributed by atoms with Crippen LogP contribution in [-0.2, 0) is 14.4 Å². The van der Waals surface area contributed by atoms with Gasteiger partial charge in [-0.05, 0) is 37.1 Å².